The van der Waals surface area contributed by atoms with Crippen molar-refractivity contribution in [2.24, 2.45) is 0 Å². The van der Waals surface area contributed by atoms with Crippen LogP contribution in [0.5, 0.6) is 0 Å². The number of nitro groups is 1. The third-order valence-corrected chi connectivity index (χ3v) is 8.23. The van der Waals surface area contributed by atoms with Gasteiger partial charge in [0.15, 0.2) is 0 Å². The van der Waals surface area contributed by atoms with E-state index in [1.54, 1.807) is 6.07 Å². The van der Waals surface area contributed by atoms with Crippen LogP contribution in [0.15, 0.2) is 42.5 Å². The molecule has 1 heterocycles. The second-order valence-corrected chi connectivity index (χ2v) is 9.72. The van der Waals surface area contributed by atoms with Crippen molar-refractivity contribution < 1.29 is 9.49 Å². The van der Waals surface area contributed by atoms with E-state index in [4.69, 9.17) is 0 Å². The van der Waals surface area contributed by atoms with E-state index in [0.29, 0.717) is 11.5 Å². The van der Waals surface area contributed by atoms with Crippen LogP contribution in [0.25, 0.3) is 0 Å². The summed E-state index contributed by atoms with van der Waals surface area (Å²) >= 11 is 0. The lowest BCUT2D eigenvalue weighted by atomic mass is 10.1. The van der Waals surface area contributed by atoms with Crippen molar-refractivity contribution in [1.29, 1.82) is 0 Å². The highest BCUT2D eigenvalue weighted by Gasteiger charge is 2.36. The molecule has 0 aromatic heterocycles. The van der Waals surface area contributed by atoms with Crippen LogP contribution in [0.1, 0.15) is 45.4 Å². The number of unbranched alkanes of at least 4 members (excludes halogenated alkanes) is 5. The number of benzene rings is 2. The Morgan fingerprint density at radius 3 is 2.42 bits per heavy atom. The quantitative estimate of drug-likeness (QED) is 0.294. The van der Waals surface area contributed by atoms with Crippen molar-refractivity contribution in [2.45, 2.75) is 45.4 Å². The van der Waals surface area contributed by atoms with Gasteiger partial charge in [0.05, 0.1) is 10.6 Å². The molecule has 0 fully saturated rings. The molecule has 0 saturated carbocycles. The molecule has 1 aliphatic rings. The largest absolute Gasteiger partial charge is 0.354 e. The van der Waals surface area contributed by atoms with E-state index in [2.05, 4.69) is 12.2 Å². The lowest BCUT2D eigenvalue weighted by molar-refractivity contribution is -0.384. The molecule has 1 atom stereocenters. The second-order valence-electron chi connectivity index (χ2n) is 6.83. The van der Waals surface area contributed by atoms with Gasteiger partial charge in [0.2, 0.25) is 0 Å². The molecule has 1 unspecified atom stereocenters. The van der Waals surface area contributed by atoms with Gasteiger partial charge in [-0.15, -0.1) is 0 Å². The Kier molecular flexibility index (Phi) is 5.77. The van der Waals surface area contributed by atoms with Crippen molar-refractivity contribution in [3.63, 3.8) is 0 Å². The van der Waals surface area contributed by atoms with Crippen molar-refractivity contribution in [3.05, 3.63) is 52.6 Å². The average Bonchev–Trinajstić information content (AvgIpc) is 2.64. The van der Waals surface area contributed by atoms with E-state index in [1.807, 2.05) is 24.3 Å². The lowest BCUT2D eigenvalue weighted by Gasteiger charge is -2.29. The summed E-state index contributed by atoms with van der Waals surface area (Å²) in [5, 5.41) is 15.9. The van der Waals surface area contributed by atoms with Crippen LogP contribution in [-0.2, 0) is 4.57 Å². The number of hydrogen-bond acceptors (Lipinski definition) is 4. The maximum atomic E-state index is 14.1. The number of fused-ring (bicyclic) bond motifs is 2. The standard InChI is InChI=1S/C20H25N2O3P/c1-2-3-4-5-6-9-14-26(25)19-11-8-7-10-17(19)21-18-13-12-16(22(23)24)15-20(18)26/h7-8,10-13,15,21H,2-6,9,14H2,1H3. The Morgan fingerprint density at radius 2 is 1.65 bits per heavy atom. The molecule has 0 saturated heterocycles. The number of nitro benzene ring substituents is 1. The Labute approximate surface area is 154 Å². The summed E-state index contributed by atoms with van der Waals surface area (Å²) < 4.78 is 14.1. The summed E-state index contributed by atoms with van der Waals surface area (Å²) in [7, 11) is -2.88. The Balaban J connectivity index is 1.91. The molecule has 0 radical (unpaired) electrons. The highest BCUT2D eigenvalue weighted by atomic mass is 31.2. The van der Waals surface area contributed by atoms with Crippen molar-refractivity contribution >= 4 is 34.8 Å². The van der Waals surface area contributed by atoms with Gasteiger partial charge in [-0.3, -0.25) is 10.1 Å². The van der Waals surface area contributed by atoms with Gasteiger partial charge in [0, 0.05) is 34.6 Å². The third kappa shape index (κ3) is 3.68. The molecular weight excluding hydrogens is 347 g/mol. The zero-order valence-corrected chi connectivity index (χ0v) is 16.0. The Hall–Kier alpha value is -2.13. The molecular formula is C20H25N2O3P. The number of nitrogens with zero attached hydrogens (tertiary/aromatic N) is 1. The number of anilines is 2. The SMILES string of the molecule is CCCCCCCCP1(=O)c2ccccc2Nc2ccc([N+](=O)[O-])cc21. The second kappa shape index (κ2) is 8.05. The van der Waals surface area contributed by atoms with E-state index in [0.717, 1.165) is 35.9 Å². The highest BCUT2D eigenvalue weighted by Crippen LogP contribution is 2.51. The van der Waals surface area contributed by atoms with Crippen LogP contribution < -0.4 is 15.9 Å². The topological polar surface area (TPSA) is 72.2 Å². The van der Waals surface area contributed by atoms with Crippen LogP contribution in [0.4, 0.5) is 17.1 Å². The van der Waals surface area contributed by atoms with E-state index >= 15 is 0 Å². The van der Waals surface area contributed by atoms with Crippen LogP contribution >= 0.6 is 7.14 Å². The Morgan fingerprint density at radius 1 is 0.962 bits per heavy atom. The van der Waals surface area contributed by atoms with Gasteiger partial charge in [-0.2, -0.15) is 0 Å². The third-order valence-electron chi connectivity index (χ3n) is 4.97. The maximum absolute atomic E-state index is 14.1. The summed E-state index contributed by atoms with van der Waals surface area (Å²) in [6, 6.07) is 12.3. The minimum absolute atomic E-state index is 0.00639. The first-order valence-corrected chi connectivity index (χ1v) is 11.2. The molecule has 2 aromatic carbocycles. The van der Waals surface area contributed by atoms with Gasteiger partial charge in [-0.05, 0) is 24.6 Å². The van der Waals surface area contributed by atoms with Crippen molar-refractivity contribution in [3.8, 4) is 0 Å². The van der Waals surface area contributed by atoms with E-state index < -0.39 is 12.1 Å². The number of nitrogens with one attached hydrogen (secondary N) is 1. The predicted octanol–water partition coefficient (Wildman–Crippen LogP) is 5.33. The van der Waals surface area contributed by atoms with Crippen LogP contribution in [0.2, 0.25) is 0 Å². The van der Waals surface area contributed by atoms with Crippen molar-refractivity contribution in [2.75, 3.05) is 11.5 Å². The summed E-state index contributed by atoms with van der Waals surface area (Å²) in [6.07, 6.45) is 7.28. The van der Waals surface area contributed by atoms with Gasteiger partial charge < -0.3 is 9.88 Å². The maximum Gasteiger partial charge on any atom is 0.270 e. The number of hydrogen-bond donors (Lipinski definition) is 1. The van der Waals surface area contributed by atoms with E-state index in [1.165, 1.54) is 31.4 Å². The summed E-state index contributed by atoms with van der Waals surface area (Å²) in [5.41, 5.74) is 1.57. The zero-order chi connectivity index (χ0) is 18.6. The zero-order valence-electron chi connectivity index (χ0n) is 15.1. The number of para-hydroxylation sites is 1. The number of non-ortho nitro benzene ring substituents is 1. The van der Waals surface area contributed by atoms with E-state index in [-0.39, 0.29) is 5.69 Å². The lowest BCUT2D eigenvalue weighted by Crippen LogP contribution is -2.28. The molecule has 6 heteroatoms. The van der Waals surface area contributed by atoms with E-state index in [9.17, 15) is 14.7 Å². The van der Waals surface area contributed by atoms with Crippen LogP contribution in [0, 0.1) is 10.1 Å². The van der Waals surface area contributed by atoms with Gasteiger partial charge in [-0.1, -0.05) is 51.2 Å². The fraction of sp³-hybridized carbons (Fsp3) is 0.400. The van der Waals surface area contributed by atoms with Gasteiger partial charge >= 0.3 is 0 Å². The smallest absolute Gasteiger partial charge is 0.270 e. The first-order valence-electron chi connectivity index (χ1n) is 9.31. The molecule has 5 nitrogen and oxygen atoms in total. The van der Waals surface area contributed by atoms with Crippen molar-refractivity contribution in [1.82, 2.24) is 0 Å². The molecule has 3 rings (SSSR count). The molecule has 0 bridgehead atoms. The molecule has 0 spiro atoms. The van der Waals surface area contributed by atoms with Crippen LogP contribution in [-0.4, -0.2) is 11.1 Å². The highest BCUT2D eigenvalue weighted by molar-refractivity contribution is 7.79. The first-order chi connectivity index (χ1) is 12.6. The molecule has 2 aromatic rings. The molecule has 1 N–H and O–H groups in total. The van der Waals surface area contributed by atoms with Gasteiger partial charge in [-0.25, -0.2) is 0 Å². The fourth-order valence-corrected chi connectivity index (χ4v) is 6.68. The molecule has 26 heavy (non-hydrogen) atoms. The predicted molar refractivity (Wildman–Crippen MR) is 108 cm³/mol. The molecule has 138 valence electrons. The minimum Gasteiger partial charge on any atom is -0.354 e. The molecule has 1 aliphatic heterocycles. The summed E-state index contributed by atoms with van der Waals surface area (Å²) in [6.45, 7) is 2.19. The summed E-state index contributed by atoms with van der Waals surface area (Å²) in [5.74, 6) is 0. The van der Waals surface area contributed by atoms with Crippen LogP contribution in [0.3, 0.4) is 0 Å². The fourth-order valence-electron chi connectivity index (χ4n) is 3.56. The first kappa shape index (κ1) is 18.7. The molecule has 0 aliphatic carbocycles. The number of rotatable bonds is 8. The Bertz CT molecular complexity index is 851. The minimum atomic E-state index is -2.88. The van der Waals surface area contributed by atoms with Gasteiger partial charge in [0.1, 0.15) is 7.14 Å². The monoisotopic (exact) mass is 372 g/mol. The van der Waals surface area contributed by atoms with Gasteiger partial charge in [0.25, 0.3) is 5.69 Å². The average molecular weight is 372 g/mol. The summed E-state index contributed by atoms with van der Waals surface area (Å²) in [4.78, 5) is 10.8. The normalized spacial score (nSPS) is 17.9. The molecule has 0 amide bonds.